The second kappa shape index (κ2) is 9.12. The van der Waals surface area contributed by atoms with Crippen molar-refractivity contribution < 1.29 is 13.2 Å². The third-order valence-electron chi connectivity index (χ3n) is 5.66. The number of rotatable bonds is 10. The Balaban J connectivity index is 1.60. The predicted octanol–water partition coefficient (Wildman–Crippen LogP) is 5.31. The van der Waals surface area contributed by atoms with Crippen molar-refractivity contribution in [3.8, 4) is 0 Å². The van der Waals surface area contributed by atoms with Crippen LogP contribution >= 0.6 is 0 Å². The highest BCUT2D eigenvalue weighted by molar-refractivity contribution is 7.91. The standard InChI is InChI=1S/C24H31NO3S/c1-4-25-23-12-8-7-11-21(23)22-17-19(13-14-24(22)25)16-20(26)10-6-5-9-15-29(27,28)18(2)3/h7-8,11-14,17-18H,4-6,9-10,15-16H2,1-3H3. The van der Waals surface area contributed by atoms with Crippen LogP contribution in [0.2, 0.25) is 0 Å². The Hall–Kier alpha value is -2.14. The van der Waals surface area contributed by atoms with Gasteiger partial charge in [-0.2, -0.15) is 0 Å². The third-order valence-corrected chi connectivity index (χ3v) is 7.95. The number of carbonyl (C=O) groups is 1. The molecule has 0 saturated heterocycles. The van der Waals surface area contributed by atoms with Gasteiger partial charge in [0.2, 0.25) is 0 Å². The molecule has 1 heterocycles. The van der Waals surface area contributed by atoms with E-state index in [2.05, 4.69) is 54.0 Å². The zero-order valence-electron chi connectivity index (χ0n) is 17.6. The molecule has 1 aromatic heterocycles. The lowest BCUT2D eigenvalue weighted by molar-refractivity contribution is -0.118. The molecule has 4 nitrogen and oxygen atoms in total. The summed E-state index contributed by atoms with van der Waals surface area (Å²) in [6.07, 6.45) is 3.11. The Labute approximate surface area is 173 Å². The predicted molar refractivity (Wildman–Crippen MR) is 121 cm³/mol. The first-order chi connectivity index (χ1) is 13.8. The van der Waals surface area contributed by atoms with Crippen molar-refractivity contribution in [1.29, 1.82) is 0 Å². The van der Waals surface area contributed by atoms with Gasteiger partial charge in [0.25, 0.3) is 0 Å². The van der Waals surface area contributed by atoms with Crippen molar-refractivity contribution in [2.24, 2.45) is 0 Å². The van der Waals surface area contributed by atoms with Crippen LogP contribution in [0.15, 0.2) is 42.5 Å². The van der Waals surface area contributed by atoms with Crippen LogP contribution in [0.3, 0.4) is 0 Å². The Morgan fingerprint density at radius 2 is 1.69 bits per heavy atom. The minimum atomic E-state index is -2.97. The molecule has 0 amide bonds. The van der Waals surface area contributed by atoms with E-state index in [9.17, 15) is 13.2 Å². The summed E-state index contributed by atoms with van der Waals surface area (Å²) in [6, 6.07) is 14.7. The van der Waals surface area contributed by atoms with Crippen LogP contribution in [0.25, 0.3) is 21.8 Å². The minimum absolute atomic E-state index is 0.218. The van der Waals surface area contributed by atoms with Gasteiger partial charge in [-0.1, -0.05) is 30.7 Å². The maximum Gasteiger partial charge on any atom is 0.152 e. The molecular formula is C24H31NO3S. The Morgan fingerprint density at radius 3 is 2.41 bits per heavy atom. The van der Waals surface area contributed by atoms with E-state index >= 15 is 0 Å². The number of Topliss-reactive ketones (excluding diaryl/α,β-unsaturated/α-hetero) is 1. The third kappa shape index (κ3) is 4.89. The largest absolute Gasteiger partial charge is 0.341 e. The lowest BCUT2D eigenvalue weighted by Gasteiger charge is -2.07. The van der Waals surface area contributed by atoms with E-state index in [0.29, 0.717) is 19.3 Å². The number of para-hydroxylation sites is 1. The normalized spacial score (nSPS) is 12.3. The van der Waals surface area contributed by atoms with Gasteiger partial charge >= 0.3 is 0 Å². The van der Waals surface area contributed by atoms with E-state index in [1.54, 1.807) is 13.8 Å². The van der Waals surface area contributed by atoms with Crippen molar-refractivity contribution in [2.45, 2.75) is 64.7 Å². The highest BCUT2D eigenvalue weighted by Crippen LogP contribution is 2.29. The molecule has 156 valence electrons. The first kappa shape index (κ1) is 21.6. The van der Waals surface area contributed by atoms with Gasteiger partial charge in [0, 0.05) is 41.2 Å². The summed E-state index contributed by atoms with van der Waals surface area (Å²) < 4.78 is 26.0. The summed E-state index contributed by atoms with van der Waals surface area (Å²) in [5, 5.41) is 2.11. The number of ketones is 1. The summed E-state index contributed by atoms with van der Waals surface area (Å²) in [7, 11) is -2.97. The number of aryl methyl sites for hydroxylation is 1. The number of carbonyl (C=O) groups excluding carboxylic acids is 1. The van der Waals surface area contributed by atoms with Crippen LogP contribution in [-0.2, 0) is 27.6 Å². The molecule has 2 aromatic carbocycles. The number of unbranched alkanes of at least 4 members (excludes halogenated alkanes) is 2. The van der Waals surface area contributed by atoms with Crippen molar-refractivity contribution in [2.75, 3.05) is 5.75 Å². The molecule has 0 unspecified atom stereocenters. The van der Waals surface area contributed by atoms with Gasteiger partial charge in [-0.25, -0.2) is 8.42 Å². The Morgan fingerprint density at radius 1 is 0.966 bits per heavy atom. The van der Waals surface area contributed by atoms with Gasteiger partial charge in [0.05, 0.1) is 11.0 Å². The van der Waals surface area contributed by atoms with Crippen LogP contribution < -0.4 is 0 Å². The summed E-state index contributed by atoms with van der Waals surface area (Å²) in [5.41, 5.74) is 3.48. The molecule has 0 bridgehead atoms. The molecule has 0 radical (unpaired) electrons. The smallest absolute Gasteiger partial charge is 0.152 e. The molecule has 29 heavy (non-hydrogen) atoms. The molecule has 0 aliphatic heterocycles. The average Bonchev–Trinajstić information content (AvgIpc) is 3.00. The number of sulfone groups is 1. The molecule has 0 aliphatic rings. The van der Waals surface area contributed by atoms with Gasteiger partial charge in [0.15, 0.2) is 9.84 Å². The molecule has 0 saturated carbocycles. The first-order valence-corrected chi connectivity index (χ1v) is 12.3. The second-order valence-corrected chi connectivity index (χ2v) is 10.7. The maximum atomic E-state index is 12.4. The number of fused-ring (bicyclic) bond motifs is 3. The molecule has 3 rings (SSSR count). The van der Waals surface area contributed by atoms with E-state index in [1.807, 2.05) is 0 Å². The summed E-state index contributed by atoms with van der Waals surface area (Å²) in [5.74, 6) is 0.437. The summed E-state index contributed by atoms with van der Waals surface area (Å²) in [4.78, 5) is 12.4. The topological polar surface area (TPSA) is 56.1 Å². The number of benzene rings is 2. The van der Waals surface area contributed by atoms with Crippen LogP contribution in [0, 0.1) is 0 Å². The number of aromatic nitrogens is 1. The van der Waals surface area contributed by atoms with E-state index in [0.717, 1.165) is 24.9 Å². The second-order valence-electron chi connectivity index (χ2n) is 8.05. The molecule has 5 heteroatoms. The van der Waals surface area contributed by atoms with E-state index in [4.69, 9.17) is 0 Å². The molecular weight excluding hydrogens is 382 g/mol. The van der Waals surface area contributed by atoms with Gasteiger partial charge < -0.3 is 4.57 Å². The number of hydrogen-bond acceptors (Lipinski definition) is 3. The monoisotopic (exact) mass is 413 g/mol. The fourth-order valence-corrected chi connectivity index (χ4v) is 4.98. The fraction of sp³-hybridized carbons (Fsp3) is 0.458. The number of hydrogen-bond donors (Lipinski definition) is 0. The van der Waals surface area contributed by atoms with E-state index < -0.39 is 9.84 Å². The minimum Gasteiger partial charge on any atom is -0.341 e. The lowest BCUT2D eigenvalue weighted by Crippen LogP contribution is -2.17. The summed E-state index contributed by atoms with van der Waals surface area (Å²) in [6.45, 7) is 6.49. The van der Waals surface area contributed by atoms with Crippen molar-refractivity contribution in [3.05, 3.63) is 48.0 Å². The highest BCUT2D eigenvalue weighted by atomic mass is 32.2. The Bertz CT molecular complexity index is 1110. The molecule has 0 N–H and O–H groups in total. The highest BCUT2D eigenvalue weighted by Gasteiger charge is 2.15. The SMILES string of the molecule is CCn1c2ccccc2c2cc(CC(=O)CCCCCS(=O)(=O)C(C)C)ccc21. The number of nitrogens with zero attached hydrogens (tertiary/aromatic N) is 1. The lowest BCUT2D eigenvalue weighted by atomic mass is 10.0. The summed E-state index contributed by atoms with van der Waals surface area (Å²) >= 11 is 0. The molecule has 3 aromatic rings. The van der Waals surface area contributed by atoms with E-state index in [1.165, 1.54) is 21.8 Å². The van der Waals surface area contributed by atoms with Crippen molar-refractivity contribution in [1.82, 2.24) is 4.57 Å². The Kier molecular flexibility index (Phi) is 6.78. The quantitative estimate of drug-likeness (QED) is 0.423. The van der Waals surface area contributed by atoms with Crippen molar-refractivity contribution >= 4 is 37.4 Å². The van der Waals surface area contributed by atoms with Crippen LogP contribution in [0.1, 0.15) is 52.0 Å². The molecule has 0 aliphatic carbocycles. The van der Waals surface area contributed by atoms with Crippen LogP contribution in [0.5, 0.6) is 0 Å². The average molecular weight is 414 g/mol. The molecule has 0 spiro atoms. The fourth-order valence-electron chi connectivity index (χ4n) is 3.91. The van der Waals surface area contributed by atoms with Gasteiger partial charge in [-0.3, -0.25) is 4.79 Å². The first-order valence-electron chi connectivity index (χ1n) is 10.6. The van der Waals surface area contributed by atoms with Crippen molar-refractivity contribution in [3.63, 3.8) is 0 Å². The van der Waals surface area contributed by atoms with Gasteiger partial charge in [0.1, 0.15) is 5.78 Å². The van der Waals surface area contributed by atoms with Crippen LogP contribution in [0.4, 0.5) is 0 Å². The zero-order valence-corrected chi connectivity index (χ0v) is 18.5. The van der Waals surface area contributed by atoms with Gasteiger partial charge in [-0.15, -0.1) is 0 Å². The van der Waals surface area contributed by atoms with E-state index in [-0.39, 0.29) is 16.8 Å². The zero-order chi connectivity index (χ0) is 21.0. The maximum absolute atomic E-state index is 12.4. The molecule has 0 atom stereocenters. The molecule has 0 fully saturated rings. The van der Waals surface area contributed by atoms with Crippen LogP contribution in [-0.4, -0.2) is 29.8 Å². The van der Waals surface area contributed by atoms with Gasteiger partial charge in [-0.05, 0) is 57.4 Å².